The van der Waals surface area contributed by atoms with Crippen molar-refractivity contribution in [3.63, 3.8) is 0 Å². The van der Waals surface area contributed by atoms with Gasteiger partial charge in [0.05, 0.1) is 19.0 Å². The topological polar surface area (TPSA) is 135 Å². The van der Waals surface area contributed by atoms with E-state index in [1.807, 2.05) is 30.3 Å². The quantitative estimate of drug-likeness (QED) is 0.350. The summed E-state index contributed by atoms with van der Waals surface area (Å²) in [6.45, 7) is 2.07. The van der Waals surface area contributed by atoms with Crippen molar-refractivity contribution in [2.45, 2.75) is 50.3 Å². The van der Waals surface area contributed by atoms with Gasteiger partial charge in [-0.2, -0.15) is 9.97 Å². The molecule has 11 heteroatoms. The predicted octanol–water partition coefficient (Wildman–Crippen LogP) is 1.75. The van der Waals surface area contributed by atoms with Gasteiger partial charge in [0, 0.05) is 0 Å². The number of fused-ring (bicyclic) bond motifs is 1. The molecule has 3 unspecified atom stereocenters. The Labute approximate surface area is 189 Å². The number of imidazole rings is 1. The van der Waals surface area contributed by atoms with Crippen LogP contribution >= 0.6 is 11.6 Å². The molecule has 1 aliphatic heterocycles. The Morgan fingerprint density at radius 2 is 2.00 bits per heavy atom. The molecule has 0 radical (unpaired) electrons. The maximum Gasteiger partial charge on any atom is 0.226 e. The molecule has 32 heavy (non-hydrogen) atoms. The molecular weight excluding hydrogens is 438 g/mol. The van der Waals surface area contributed by atoms with E-state index < -0.39 is 31.1 Å². The minimum absolute atomic E-state index is 0.00674. The van der Waals surface area contributed by atoms with Crippen LogP contribution in [0.25, 0.3) is 11.2 Å². The largest absolute Gasteiger partial charge is 0.491 e. The minimum Gasteiger partial charge on any atom is -0.491 e. The second-order valence-electron chi connectivity index (χ2n) is 7.65. The summed E-state index contributed by atoms with van der Waals surface area (Å²) in [4.78, 5) is 12.9. The van der Waals surface area contributed by atoms with Crippen LogP contribution in [0.15, 0.2) is 36.7 Å². The van der Waals surface area contributed by atoms with Gasteiger partial charge in [-0.15, -0.1) is 0 Å². The normalized spacial score (nSPS) is 24.0. The molecule has 172 valence electrons. The van der Waals surface area contributed by atoms with Crippen LogP contribution in [-0.2, 0) is 4.74 Å². The first-order valence-electron chi connectivity index (χ1n) is 10.5. The van der Waals surface area contributed by atoms with Gasteiger partial charge in [-0.25, -0.2) is 4.98 Å². The van der Waals surface area contributed by atoms with E-state index in [2.05, 4.69) is 27.2 Å². The van der Waals surface area contributed by atoms with Gasteiger partial charge in [0.1, 0.15) is 30.7 Å². The standard InChI is InChI=1S/C21H26ClN5O5/c1-2-6-12(10-31-13-7-4-3-5-8-13)24-18-15-19(26-21(22)25-18)27(11-23-15)20-17(30)16(29)14(9-28)32-20/h3-5,7-8,11-12,14,16-17,20,28-30H,2,6,9-10H2,1H3,(H,24,25,26)/t12?,14-,16?,17?,20-/m1/s1. The molecule has 0 aliphatic carbocycles. The number of benzene rings is 1. The van der Waals surface area contributed by atoms with Gasteiger partial charge >= 0.3 is 0 Å². The zero-order chi connectivity index (χ0) is 22.7. The van der Waals surface area contributed by atoms with Crippen LogP contribution in [0.5, 0.6) is 5.75 Å². The second-order valence-corrected chi connectivity index (χ2v) is 7.99. The van der Waals surface area contributed by atoms with Crippen LogP contribution in [0.3, 0.4) is 0 Å². The summed E-state index contributed by atoms with van der Waals surface area (Å²) in [5.74, 6) is 1.20. The third-order valence-electron chi connectivity index (χ3n) is 5.36. The third-order valence-corrected chi connectivity index (χ3v) is 5.53. The number of aliphatic hydroxyl groups is 3. The van der Waals surface area contributed by atoms with Crippen LogP contribution in [0.1, 0.15) is 26.0 Å². The van der Waals surface area contributed by atoms with Crippen molar-refractivity contribution >= 4 is 28.6 Å². The van der Waals surface area contributed by atoms with Crippen LogP contribution in [0.2, 0.25) is 5.28 Å². The molecule has 0 amide bonds. The first kappa shape index (κ1) is 22.7. The van der Waals surface area contributed by atoms with E-state index >= 15 is 0 Å². The maximum absolute atomic E-state index is 10.4. The van der Waals surface area contributed by atoms with Crippen molar-refractivity contribution in [2.24, 2.45) is 0 Å². The van der Waals surface area contributed by atoms with Crippen LogP contribution < -0.4 is 10.1 Å². The van der Waals surface area contributed by atoms with Gasteiger partial charge in [-0.3, -0.25) is 4.57 Å². The average Bonchev–Trinajstić information content (AvgIpc) is 3.33. The van der Waals surface area contributed by atoms with Gasteiger partial charge < -0.3 is 30.1 Å². The molecule has 0 bridgehead atoms. The van der Waals surface area contributed by atoms with Crippen molar-refractivity contribution in [3.05, 3.63) is 41.9 Å². The summed E-state index contributed by atoms with van der Waals surface area (Å²) in [5.41, 5.74) is 0.773. The molecule has 3 aromatic rings. The highest BCUT2D eigenvalue weighted by atomic mass is 35.5. The van der Waals surface area contributed by atoms with Gasteiger partial charge in [0.15, 0.2) is 23.2 Å². The number of nitrogens with zero attached hydrogens (tertiary/aromatic N) is 4. The van der Waals surface area contributed by atoms with E-state index in [1.165, 1.54) is 10.9 Å². The molecule has 4 N–H and O–H groups in total. The number of aromatic nitrogens is 4. The number of nitrogens with one attached hydrogen (secondary N) is 1. The van der Waals surface area contributed by atoms with Gasteiger partial charge in [-0.1, -0.05) is 31.5 Å². The molecule has 10 nitrogen and oxygen atoms in total. The summed E-state index contributed by atoms with van der Waals surface area (Å²) >= 11 is 6.19. The smallest absolute Gasteiger partial charge is 0.226 e. The van der Waals surface area contributed by atoms with Crippen molar-refractivity contribution in [1.29, 1.82) is 0 Å². The van der Waals surface area contributed by atoms with E-state index in [9.17, 15) is 15.3 Å². The molecule has 1 aromatic carbocycles. The van der Waals surface area contributed by atoms with E-state index in [0.717, 1.165) is 18.6 Å². The van der Waals surface area contributed by atoms with E-state index in [-0.39, 0.29) is 11.3 Å². The number of para-hydroxylation sites is 1. The third kappa shape index (κ3) is 4.64. The Morgan fingerprint density at radius 3 is 2.69 bits per heavy atom. The molecular formula is C21H26ClN5O5. The summed E-state index contributed by atoms with van der Waals surface area (Å²) in [6, 6.07) is 9.48. The molecule has 4 rings (SSSR count). The van der Waals surface area contributed by atoms with Crippen LogP contribution in [0.4, 0.5) is 5.82 Å². The molecule has 2 aromatic heterocycles. The molecule has 0 spiro atoms. The predicted molar refractivity (Wildman–Crippen MR) is 118 cm³/mol. The maximum atomic E-state index is 10.4. The van der Waals surface area contributed by atoms with Crippen molar-refractivity contribution < 1.29 is 24.8 Å². The Kier molecular flexibility index (Phi) is 7.07. The molecule has 1 saturated heterocycles. The van der Waals surface area contributed by atoms with E-state index in [4.69, 9.17) is 21.1 Å². The Hall–Kier alpha value is -2.50. The highest BCUT2D eigenvalue weighted by Gasteiger charge is 2.44. The van der Waals surface area contributed by atoms with Gasteiger partial charge in [0.25, 0.3) is 0 Å². The fourth-order valence-electron chi connectivity index (χ4n) is 3.74. The number of ether oxygens (including phenoxy) is 2. The molecule has 1 aliphatic rings. The van der Waals surface area contributed by atoms with Crippen molar-refractivity contribution in [3.8, 4) is 5.75 Å². The lowest BCUT2D eigenvalue weighted by Crippen LogP contribution is -2.33. The number of halogens is 1. The number of hydrogen-bond acceptors (Lipinski definition) is 9. The minimum atomic E-state index is -1.26. The summed E-state index contributed by atoms with van der Waals surface area (Å²) < 4.78 is 13.0. The average molecular weight is 464 g/mol. The number of aliphatic hydroxyl groups excluding tert-OH is 3. The monoisotopic (exact) mass is 463 g/mol. The molecule has 1 fully saturated rings. The first-order chi connectivity index (χ1) is 15.5. The Balaban J connectivity index is 1.58. The Bertz CT molecular complexity index is 1040. The van der Waals surface area contributed by atoms with E-state index in [0.29, 0.717) is 23.6 Å². The molecule has 0 saturated carbocycles. The molecule has 5 atom stereocenters. The summed E-state index contributed by atoms with van der Waals surface area (Å²) in [7, 11) is 0. The number of rotatable bonds is 9. The van der Waals surface area contributed by atoms with Crippen molar-refractivity contribution in [2.75, 3.05) is 18.5 Å². The molecule has 3 heterocycles. The number of hydrogen-bond donors (Lipinski definition) is 4. The zero-order valence-corrected chi connectivity index (χ0v) is 18.3. The number of anilines is 1. The first-order valence-corrected chi connectivity index (χ1v) is 10.9. The van der Waals surface area contributed by atoms with Crippen molar-refractivity contribution in [1.82, 2.24) is 19.5 Å². The lowest BCUT2D eigenvalue weighted by molar-refractivity contribution is -0.0511. The highest BCUT2D eigenvalue weighted by molar-refractivity contribution is 6.28. The fourth-order valence-corrected chi connectivity index (χ4v) is 3.90. The van der Waals surface area contributed by atoms with Gasteiger partial charge in [-0.05, 0) is 30.2 Å². The second kappa shape index (κ2) is 9.97. The van der Waals surface area contributed by atoms with Crippen LogP contribution in [-0.4, -0.2) is 72.4 Å². The summed E-state index contributed by atoms with van der Waals surface area (Å²) in [6.07, 6.45) is -1.19. The van der Waals surface area contributed by atoms with E-state index in [1.54, 1.807) is 0 Å². The van der Waals surface area contributed by atoms with Gasteiger partial charge in [0.2, 0.25) is 5.28 Å². The Morgan fingerprint density at radius 1 is 1.22 bits per heavy atom. The zero-order valence-electron chi connectivity index (χ0n) is 17.5. The lowest BCUT2D eigenvalue weighted by Gasteiger charge is -2.20. The van der Waals surface area contributed by atoms with Crippen LogP contribution in [0, 0.1) is 0 Å². The fraction of sp³-hybridized carbons (Fsp3) is 0.476. The SMILES string of the molecule is CCCC(COc1ccccc1)Nc1nc(Cl)nc2c1ncn2[C@@H]1O[C@H](CO)C(O)C1O. The highest BCUT2D eigenvalue weighted by Crippen LogP contribution is 2.33. The lowest BCUT2D eigenvalue weighted by atomic mass is 10.1. The summed E-state index contributed by atoms with van der Waals surface area (Å²) in [5, 5.41) is 33.2.